The SMILES string of the molecule is C=C(C)C(=O)Oc1ccc(C[C](C)O)cc1. The molecule has 0 fully saturated rings. The lowest BCUT2D eigenvalue weighted by Crippen LogP contribution is -2.08. The number of hydrogen-bond donors (Lipinski definition) is 1. The first-order valence-corrected chi connectivity index (χ1v) is 4.97. The van der Waals surface area contributed by atoms with Gasteiger partial charge in [-0.05, 0) is 31.5 Å². The first-order valence-electron chi connectivity index (χ1n) is 4.97. The van der Waals surface area contributed by atoms with Crippen LogP contribution in [0, 0.1) is 6.10 Å². The topological polar surface area (TPSA) is 46.5 Å². The molecule has 0 aliphatic carbocycles. The van der Waals surface area contributed by atoms with Crippen LogP contribution in [0.5, 0.6) is 5.75 Å². The fraction of sp³-hybridized carbons (Fsp3) is 0.231. The van der Waals surface area contributed by atoms with Crippen molar-refractivity contribution in [2.75, 3.05) is 0 Å². The Hall–Kier alpha value is -1.61. The van der Waals surface area contributed by atoms with Gasteiger partial charge in [0.2, 0.25) is 0 Å². The molecule has 1 N–H and O–H groups in total. The summed E-state index contributed by atoms with van der Waals surface area (Å²) in [6, 6.07) is 7.00. The van der Waals surface area contributed by atoms with Crippen LogP contribution in [-0.4, -0.2) is 11.1 Å². The number of benzene rings is 1. The van der Waals surface area contributed by atoms with Crippen LogP contribution in [0.25, 0.3) is 0 Å². The van der Waals surface area contributed by atoms with Gasteiger partial charge in [-0.25, -0.2) is 4.79 Å². The van der Waals surface area contributed by atoms with E-state index in [-0.39, 0.29) is 0 Å². The molecule has 0 saturated heterocycles. The highest BCUT2D eigenvalue weighted by molar-refractivity contribution is 5.88. The molecule has 0 amide bonds. The Labute approximate surface area is 95.4 Å². The molecule has 0 aromatic heterocycles. The van der Waals surface area contributed by atoms with Gasteiger partial charge in [0, 0.05) is 12.0 Å². The van der Waals surface area contributed by atoms with Crippen LogP contribution in [0.15, 0.2) is 36.4 Å². The molecule has 1 aromatic carbocycles. The van der Waals surface area contributed by atoms with Gasteiger partial charge in [-0.15, -0.1) is 0 Å². The van der Waals surface area contributed by atoms with E-state index in [0.717, 1.165) is 5.56 Å². The number of aliphatic hydroxyl groups is 1. The monoisotopic (exact) mass is 219 g/mol. The smallest absolute Gasteiger partial charge is 0.338 e. The molecule has 0 saturated carbocycles. The maximum absolute atomic E-state index is 11.2. The fourth-order valence-corrected chi connectivity index (χ4v) is 1.16. The minimum absolute atomic E-state index is 0.353. The average molecular weight is 219 g/mol. The van der Waals surface area contributed by atoms with Crippen molar-refractivity contribution in [1.29, 1.82) is 0 Å². The number of ether oxygens (including phenoxy) is 1. The average Bonchev–Trinajstić information content (AvgIpc) is 2.20. The van der Waals surface area contributed by atoms with Crippen molar-refractivity contribution >= 4 is 5.97 Å². The van der Waals surface area contributed by atoms with E-state index in [1.165, 1.54) is 0 Å². The highest BCUT2D eigenvalue weighted by atomic mass is 16.5. The van der Waals surface area contributed by atoms with Crippen molar-refractivity contribution in [1.82, 2.24) is 0 Å². The summed E-state index contributed by atoms with van der Waals surface area (Å²) in [4.78, 5) is 11.2. The van der Waals surface area contributed by atoms with E-state index in [4.69, 9.17) is 9.84 Å². The highest BCUT2D eigenvalue weighted by Gasteiger charge is 2.05. The number of aliphatic hydroxyl groups excluding tert-OH is 1. The quantitative estimate of drug-likeness (QED) is 0.481. The van der Waals surface area contributed by atoms with Crippen molar-refractivity contribution < 1.29 is 14.6 Å². The first kappa shape index (κ1) is 12.5. The van der Waals surface area contributed by atoms with Gasteiger partial charge in [0.05, 0.1) is 6.10 Å². The molecule has 0 aliphatic heterocycles. The van der Waals surface area contributed by atoms with Crippen LogP contribution in [-0.2, 0) is 11.2 Å². The Morgan fingerprint density at radius 3 is 2.31 bits per heavy atom. The van der Waals surface area contributed by atoms with Crippen molar-refractivity contribution in [2.45, 2.75) is 20.3 Å². The summed E-state index contributed by atoms with van der Waals surface area (Å²) in [6.45, 7) is 6.74. The summed E-state index contributed by atoms with van der Waals surface area (Å²) in [5.41, 5.74) is 1.33. The largest absolute Gasteiger partial charge is 0.423 e. The van der Waals surface area contributed by atoms with Crippen molar-refractivity contribution in [3.05, 3.63) is 48.1 Å². The van der Waals surface area contributed by atoms with Gasteiger partial charge in [0.1, 0.15) is 5.75 Å². The van der Waals surface area contributed by atoms with E-state index in [9.17, 15) is 4.79 Å². The summed E-state index contributed by atoms with van der Waals surface area (Å²) >= 11 is 0. The second kappa shape index (κ2) is 5.47. The van der Waals surface area contributed by atoms with Crippen LogP contribution in [0.3, 0.4) is 0 Å². The molecule has 0 aliphatic rings. The number of carbonyl (C=O) groups excluding carboxylic acids is 1. The maximum Gasteiger partial charge on any atom is 0.338 e. The van der Waals surface area contributed by atoms with Crippen molar-refractivity contribution in [3.8, 4) is 5.75 Å². The predicted octanol–water partition coefficient (Wildman–Crippen LogP) is 2.63. The van der Waals surface area contributed by atoms with Gasteiger partial charge in [-0.2, -0.15) is 0 Å². The lowest BCUT2D eigenvalue weighted by molar-refractivity contribution is -0.130. The minimum Gasteiger partial charge on any atom is -0.423 e. The molecule has 0 unspecified atom stereocenters. The number of hydrogen-bond acceptors (Lipinski definition) is 3. The lowest BCUT2D eigenvalue weighted by Gasteiger charge is -2.06. The van der Waals surface area contributed by atoms with E-state index >= 15 is 0 Å². The summed E-state index contributed by atoms with van der Waals surface area (Å²) in [5.74, 6) is 0.0463. The van der Waals surface area contributed by atoms with Crippen LogP contribution in [0.4, 0.5) is 0 Å². The van der Waals surface area contributed by atoms with Crippen LogP contribution >= 0.6 is 0 Å². The Balaban J connectivity index is 2.64. The molecular weight excluding hydrogens is 204 g/mol. The van der Waals surface area contributed by atoms with E-state index in [1.54, 1.807) is 38.1 Å². The van der Waals surface area contributed by atoms with E-state index in [2.05, 4.69) is 6.58 Å². The first-order chi connectivity index (χ1) is 7.49. The lowest BCUT2D eigenvalue weighted by atomic mass is 10.1. The van der Waals surface area contributed by atoms with Crippen molar-refractivity contribution in [3.63, 3.8) is 0 Å². The molecule has 0 spiro atoms. The molecule has 1 radical (unpaired) electrons. The molecule has 85 valence electrons. The third-order valence-electron chi connectivity index (χ3n) is 1.94. The van der Waals surface area contributed by atoms with Crippen LogP contribution in [0.2, 0.25) is 0 Å². The number of rotatable bonds is 4. The zero-order chi connectivity index (χ0) is 12.1. The molecule has 0 atom stereocenters. The number of carbonyl (C=O) groups is 1. The molecular formula is C13H15O3. The maximum atomic E-state index is 11.2. The van der Waals surface area contributed by atoms with E-state index in [1.807, 2.05) is 0 Å². The molecule has 0 heterocycles. The van der Waals surface area contributed by atoms with Crippen LogP contribution in [0.1, 0.15) is 19.4 Å². The molecule has 16 heavy (non-hydrogen) atoms. The molecule has 3 nitrogen and oxygen atoms in total. The normalized spacial score (nSPS) is 10.2. The van der Waals surface area contributed by atoms with Gasteiger partial charge in [0.25, 0.3) is 0 Å². The van der Waals surface area contributed by atoms with Gasteiger partial charge in [-0.3, -0.25) is 0 Å². The third kappa shape index (κ3) is 3.87. The zero-order valence-corrected chi connectivity index (χ0v) is 9.49. The molecule has 0 bridgehead atoms. The highest BCUT2D eigenvalue weighted by Crippen LogP contribution is 2.15. The Morgan fingerprint density at radius 1 is 1.31 bits per heavy atom. The second-order valence-corrected chi connectivity index (χ2v) is 3.73. The summed E-state index contributed by atoms with van der Waals surface area (Å²) in [6.07, 6.45) is 0.862. The molecule has 3 heteroatoms. The zero-order valence-electron chi connectivity index (χ0n) is 9.49. The summed E-state index contributed by atoms with van der Waals surface area (Å²) < 4.78 is 5.03. The predicted molar refractivity (Wildman–Crippen MR) is 61.4 cm³/mol. The number of esters is 1. The van der Waals surface area contributed by atoms with E-state index < -0.39 is 5.97 Å². The van der Waals surface area contributed by atoms with Gasteiger partial charge in [0.15, 0.2) is 0 Å². The molecule has 1 aromatic rings. The second-order valence-electron chi connectivity index (χ2n) is 3.73. The minimum atomic E-state index is -0.433. The third-order valence-corrected chi connectivity index (χ3v) is 1.94. The Kier molecular flexibility index (Phi) is 4.26. The van der Waals surface area contributed by atoms with Gasteiger partial charge in [-0.1, -0.05) is 18.7 Å². The molecule has 1 rings (SSSR count). The summed E-state index contributed by atoms with van der Waals surface area (Å²) in [5, 5.41) is 9.11. The fourth-order valence-electron chi connectivity index (χ4n) is 1.16. The summed E-state index contributed by atoms with van der Waals surface area (Å²) in [7, 11) is 0. The van der Waals surface area contributed by atoms with Gasteiger partial charge < -0.3 is 9.84 Å². The van der Waals surface area contributed by atoms with Gasteiger partial charge >= 0.3 is 5.97 Å². The van der Waals surface area contributed by atoms with Crippen molar-refractivity contribution in [2.24, 2.45) is 0 Å². The Morgan fingerprint density at radius 2 is 1.88 bits per heavy atom. The van der Waals surface area contributed by atoms with E-state index in [0.29, 0.717) is 23.8 Å². The standard InChI is InChI=1S/C13H15O3/c1-9(2)13(15)16-12-6-4-11(5-7-12)8-10(3)14/h4-7,14H,1,8H2,2-3H3. The van der Waals surface area contributed by atoms with Crippen LogP contribution < -0.4 is 4.74 Å². The Bertz CT molecular complexity index is 377.